The van der Waals surface area contributed by atoms with Gasteiger partial charge < -0.3 is 4.74 Å². The minimum Gasteiger partial charge on any atom is -0.458 e. The van der Waals surface area contributed by atoms with Crippen molar-refractivity contribution in [1.29, 1.82) is 0 Å². The van der Waals surface area contributed by atoms with E-state index in [2.05, 4.69) is 9.71 Å². The third kappa shape index (κ3) is 4.28. The van der Waals surface area contributed by atoms with Gasteiger partial charge in [0.2, 0.25) is 10.0 Å². The van der Waals surface area contributed by atoms with Crippen LogP contribution in [-0.4, -0.2) is 30.3 Å². The van der Waals surface area contributed by atoms with E-state index in [1.54, 1.807) is 11.6 Å². The highest BCUT2D eigenvalue weighted by Gasteiger charge is 2.16. The number of carbonyl (C=O) groups is 1. The van der Waals surface area contributed by atoms with Crippen LogP contribution in [0.25, 0.3) is 4.96 Å². The molecule has 0 saturated heterocycles. The van der Waals surface area contributed by atoms with E-state index in [1.165, 1.54) is 46.1 Å². The van der Waals surface area contributed by atoms with E-state index in [1.807, 2.05) is 0 Å². The number of ether oxygens (including phenoxy) is 1. The standard InChI is InChI=1S/C15H12ClN3O5S2/c16-10-2-1-3-12(6-10)26(22,23)17-8-14(21)24-9-11-7-13(20)19-4-5-25-15(19)18-11/h1-7,17H,8-9H2. The summed E-state index contributed by atoms with van der Waals surface area (Å²) in [6.07, 6.45) is 1.59. The van der Waals surface area contributed by atoms with Gasteiger partial charge >= 0.3 is 5.97 Å². The van der Waals surface area contributed by atoms with Crippen LogP contribution in [0.1, 0.15) is 5.69 Å². The lowest BCUT2D eigenvalue weighted by atomic mass is 10.4. The molecular formula is C15H12ClN3O5S2. The van der Waals surface area contributed by atoms with Gasteiger partial charge in [-0.1, -0.05) is 17.7 Å². The third-order valence-electron chi connectivity index (χ3n) is 3.25. The van der Waals surface area contributed by atoms with Crippen LogP contribution < -0.4 is 10.3 Å². The van der Waals surface area contributed by atoms with Crippen LogP contribution in [-0.2, 0) is 26.2 Å². The molecule has 0 aliphatic carbocycles. The summed E-state index contributed by atoms with van der Waals surface area (Å²) in [5.74, 6) is -0.802. The lowest BCUT2D eigenvalue weighted by Gasteiger charge is -2.07. The molecule has 2 heterocycles. The Kier molecular flexibility index (Phi) is 5.37. The fourth-order valence-corrected chi connectivity index (χ4v) is 4.05. The fourth-order valence-electron chi connectivity index (χ4n) is 2.04. The highest BCUT2D eigenvalue weighted by molar-refractivity contribution is 7.89. The second-order valence-corrected chi connectivity index (χ2v) is 8.16. The van der Waals surface area contributed by atoms with Crippen molar-refractivity contribution in [2.24, 2.45) is 0 Å². The Labute approximate surface area is 157 Å². The van der Waals surface area contributed by atoms with Gasteiger partial charge in [0.05, 0.1) is 10.6 Å². The summed E-state index contributed by atoms with van der Waals surface area (Å²) in [6, 6.07) is 6.90. The minimum absolute atomic E-state index is 0.0596. The molecule has 0 spiro atoms. The fraction of sp³-hybridized carbons (Fsp3) is 0.133. The van der Waals surface area contributed by atoms with Gasteiger partial charge in [0.15, 0.2) is 4.96 Å². The Morgan fingerprint density at radius 3 is 2.92 bits per heavy atom. The van der Waals surface area contributed by atoms with Crippen LogP contribution in [0.5, 0.6) is 0 Å². The van der Waals surface area contributed by atoms with Crippen molar-refractivity contribution in [3.05, 3.63) is 63.0 Å². The molecule has 136 valence electrons. The first-order valence-electron chi connectivity index (χ1n) is 7.22. The second-order valence-electron chi connectivity index (χ2n) is 5.08. The Balaban J connectivity index is 1.59. The number of thiazole rings is 1. The molecule has 1 aromatic carbocycles. The highest BCUT2D eigenvalue weighted by atomic mass is 35.5. The number of rotatable bonds is 6. The molecule has 26 heavy (non-hydrogen) atoms. The van der Waals surface area contributed by atoms with Gasteiger partial charge in [-0.25, -0.2) is 13.4 Å². The van der Waals surface area contributed by atoms with Crippen LogP contribution >= 0.6 is 22.9 Å². The van der Waals surface area contributed by atoms with Crippen LogP contribution in [0.3, 0.4) is 0 Å². The monoisotopic (exact) mass is 413 g/mol. The maximum atomic E-state index is 12.1. The summed E-state index contributed by atoms with van der Waals surface area (Å²) in [6.45, 7) is -0.795. The molecule has 0 unspecified atom stereocenters. The molecule has 1 N–H and O–H groups in total. The molecule has 0 amide bonds. The van der Waals surface area contributed by atoms with Crippen molar-refractivity contribution in [1.82, 2.24) is 14.1 Å². The van der Waals surface area contributed by atoms with E-state index in [9.17, 15) is 18.0 Å². The number of carbonyl (C=O) groups excluding carboxylic acids is 1. The first kappa shape index (κ1) is 18.5. The number of aromatic nitrogens is 2. The molecular weight excluding hydrogens is 402 g/mol. The number of hydrogen-bond acceptors (Lipinski definition) is 7. The van der Waals surface area contributed by atoms with Crippen molar-refractivity contribution in [2.75, 3.05) is 6.54 Å². The molecule has 0 fully saturated rings. The summed E-state index contributed by atoms with van der Waals surface area (Å²) < 4.78 is 32.7. The molecule has 0 bridgehead atoms. The number of hydrogen-bond donors (Lipinski definition) is 1. The maximum absolute atomic E-state index is 12.1. The first-order chi connectivity index (χ1) is 12.3. The van der Waals surface area contributed by atoms with Gasteiger partial charge in [-0.15, -0.1) is 11.3 Å². The summed E-state index contributed by atoms with van der Waals surface area (Å²) in [4.78, 5) is 28.2. The quantitative estimate of drug-likeness (QED) is 0.612. The topological polar surface area (TPSA) is 107 Å². The minimum atomic E-state index is -3.89. The maximum Gasteiger partial charge on any atom is 0.321 e. The summed E-state index contributed by atoms with van der Waals surface area (Å²) >= 11 is 7.03. The molecule has 0 radical (unpaired) electrons. The van der Waals surface area contributed by atoms with E-state index in [0.717, 1.165) is 0 Å². The summed E-state index contributed by atoms with van der Waals surface area (Å²) in [5, 5.41) is 1.97. The van der Waals surface area contributed by atoms with Gasteiger partial charge in [-0.05, 0) is 18.2 Å². The molecule has 3 aromatic rings. The van der Waals surface area contributed by atoms with Gasteiger partial charge in [0.25, 0.3) is 5.56 Å². The molecule has 0 aliphatic rings. The predicted molar refractivity (Wildman–Crippen MR) is 95.8 cm³/mol. The van der Waals surface area contributed by atoms with Crippen molar-refractivity contribution >= 4 is 43.9 Å². The Morgan fingerprint density at radius 2 is 2.15 bits per heavy atom. The van der Waals surface area contributed by atoms with E-state index in [-0.39, 0.29) is 27.8 Å². The van der Waals surface area contributed by atoms with E-state index >= 15 is 0 Å². The summed E-state index contributed by atoms with van der Waals surface area (Å²) in [5.41, 5.74) is -0.00698. The molecule has 0 saturated carbocycles. The van der Waals surface area contributed by atoms with Crippen LogP contribution in [0, 0.1) is 0 Å². The van der Waals surface area contributed by atoms with Crippen molar-refractivity contribution in [3.63, 3.8) is 0 Å². The SMILES string of the molecule is O=C(CNS(=O)(=O)c1cccc(Cl)c1)OCc1cc(=O)n2ccsc2n1. The number of esters is 1. The third-order valence-corrected chi connectivity index (χ3v) is 5.64. The zero-order chi connectivity index (χ0) is 18.7. The van der Waals surface area contributed by atoms with E-state index in [0.29, 0.717) is 4.96 Å². The zero-order valence-electron chi connectivity index (χ0n) is 13.1. The van der Waals surface area contributed by atoms with Gasteiger partial charge in [0, 0.05) is 22.7 Å². The van der Waals surface area contributed by atoms with Crippen molar-refractivity contribution < 1.29 is 17.9 Å². The van der Waals surface area contributed by atoms with Crippen molar-refractivity contribution in [3.8, 4) is 0 Å². The molecule has 0 aliphatic heterocycles. The molecule has 11 heteroatoms. The number of halogens is 1. The van der Waals surface area contributed by atoms with Crippen molar-refractivity contribution in [2.45, 2.75) is 11.5 Å². The molecule has 8 nitrogen and oxygen atoms in total. The normalized spacial score (nSPS) is 11.6. The average Bonchev–Trinajstić information content (AvgIpc) is 3.07. The highest BCUT2D eigenvalue weighted by Crippen LogP contribution is 2.15. The van der Waals surface area contributed by atoms with Crippen LogP contribution in [0.4, 0.5) is 0 Å². The second kappa shape index (κ2) is 7.54. The smallest absolute Gasteiger partial charge is 0.321 e. The first-order valence-corrected chi connectivity index (χ1v) is 9.96. The Bertz CT molecular complexity index is 1120. The molecule has 2 aromatic heterocycles. The number of fused-ring (bicyclic) bond motifs is 1. The number of sulfonamides is 1. The van der Waals surface area contributed by atoms with Crippen LogP contribution in [0.2, 0.25) is 5.02 Å². The molecule has 0 atom stereocenters. The largest absolute Gasteiger partial charge is 0.458 e. The van der Waals surface area contributed by atoms with Crippen LogP contribution in [0.15, 0.2) is 51.6 Å². The Hall–Kier alpha value is -2.27. The zero-order valence-corrected chi connectivity index (χ0v) is 15.5. The predicted octanol–water partition coefficient (Wildman–Crippen LogP) is 1.43. The van der Waals surface area contributed by atoms with Gasteiger partial charge in [-0.3, -0.25) is 14.0 Å². The van der Waals surface area contributed by atoms with E-state index in [4.69, 9.17) is 16.3 Å². The Morgan fingerprint density at radius 1 is 1.35 bits per heavy atom. The summed E-state index contributed by atoms with van der Waals surface area (Å²) in [7, 11) is -3.89. The molecule has 3 rings (SSSR count). The number of nitrogens with one attached hydrogen (secondary N) is 1. The van der Waals surface area contributed by atoms with Gasteiger partial charge in [0.1, 0.15) is 13.2 Å². The average molecular weight is 414 g/mol. The lowest BCUT2D eigenvalue weighted by Crippen LogP contribution is -2.30. The lowest BCUT2D eigenvalue weighted by molar-refractivity contribution is -0.143. The number of benzene rings is 1. The van der Waals surface area contributed by atoms with E-state index < -0.39 is 22.5 Å². The number of nitrogens with zero attached hydrogens (tertiary/aromatic N) is 2. The van der Waals surface area contributed by atoms with Gasteiger partial charge in [-0.2, -0.15) is 4.72 Å².